The fourth-order valence-electron chi connectivity index (χ4n) is 7.46. The Morgan fingerprint density at radius 2 is 0.731 bits per heavy atom. The summed E-state index contributed by atoms with van der Waals surface area (Å²) in [5.74, 6) is 0. The van der Waals surface area contributed by atoms with Crippen molar-refractivity contribution in [2.24, 2.45) is 0 Å². The molecule has 0 N–H and O–H groups in total. The second-order valence-corrected chi connectivity index (χ2v) is 13.1. The van der Waals surface area contributed by atoms with Crippen molar-refractivity contribution in [3.8, 4) is 0 Å². The molecule has 4 nitrogen and oxygen atoms in total. The minimum Gasteiger partial charge on any atom is -0.308 e. The first-order valence-corrected chi connectivity index (χ1v) is 17.6. The van der Waals surface area contributed by atoms with Crippen LogP contribution in [0.25, 0.3) is 54.4 Å². The van der Waals surface area contributed by atoms with E-state index in [2.05, 4.69) is 204 Å². The molecule has 0 bridgehead atoms. The molecule has 0 unspecified atom stereocenters. The SMILES string of the molecule is c1ccc(N(c2ccc3ccccc3c2)c2ccc(N(c3ccccc3)c3ccc4ccccc4c3)c3nc4c(ccc5ccccc54)nc23)cc1. The number of fused-ring (bicyclic) bond motifs is 6. The van der Waals surface area contributed by atoms with Gasteiger partial charge in [0.1, 0.15) is 11.0 Å². The van der Waals surface area contributed by atoms with Crippen molar-refractivity contribution in [3.63, 3.8) is 0 Å². The molecule has 0 aliphatic rings. The van der Waals surface area contributed by atoms with Gasteiger partial charge in [-0.2, -0.15) is 0 Å². The highest BCUT2D eigenvalue weighted by Gasteiger charge is 2.24. The summed E-state index contributed by atoms with van der Waals surface area (Å²) in [6.45, 7) is 0. The highest BCUT2D eigenvalue weighted by atomic mass is 15.2. The van der Waals surface area contributed by atoms with Crippen LogP contribution < -0.4 is 9.80 Å². The summed E-state index contributed by atoms with van der Waals surface area (Å²) in [6.07, 6.45) is 0. The van der Waals surface area contributed by atoms with Gasteiger partial charge in [-0.05, 0) is 93.7 Å². The predicted octanol–water partition coefficient (Wildman–Crippen LogP) is 13.2. The molecule has 0 saturated heterocycles. The average molecular weight is 665 g/mol. The lowest BCUT2D eigenvalue weighted by Crippen LogP contribution is -2.14. The van der Waals surface area contributed by atoms with Crippen molar-refractivity contribution in [1.29, 1.82) is 0 Å². The number of aromatic nitrogens is 2. The number of rotatable bonds is 6. The van der Waals surface area contributed by atoms with Gasteiger partial charge in [0.25, 0.3) is 0 Å². The summed E-state index contributed by atoms with van der Waals surface area (Å²) in [5.41, 5.74) is 9.47. The van der Waals surface area contributed by atoms with Gasteiger partial charge in [0, 0.05) is 28.1 Å². The van der Waals surface area contributed by atoms with Crippen molar-refractivity contribution >= 4 is 88.5 Å². The molecule has 4 heteroatoms. The van der Waals surface area contributed by atoms with Gasteiger partial charge in [0.15, 0.2) is 0 Å². The van der Waals surface area contributed by atoms with Gasteiger partial charge >= 0.3 is 0 Å². The number of anilines is 6. The third kappa shape index (κ3) is 5.09. The largest absolute Gasteiger partial charge is 0.308 e. The molecule has 0 spiro atoms. The smallest absolute Gasteiger partial charge is 0.116 e. The molecule has 0 saturated carbocycles. The third-order valence-electron chi connectivity index (χ3n) is 9.94. The van der Waals surface area contributed by atoms with Crippen molar-refractivity contribution < 1.29 is 0 Å². The lowest BCUT2D eigenvalue weighted by Gasteiger charge is -2.30. The van der Waals surface area contributed by atoms with E-state index in [0.29, 0.717) is 0 Å². The molecular formula is C48H32N4. The molecule has 0 aliphatic carbocycles. The van der Waals surface area contributed by atoms with E-state index >= 15 is 0 Å². The van der Waals surface area contributed by atoms with Crippen LogP contribution in [0.1, 0.15) is 0 Å². The van der Waals surface area contributed by atoms with Crippen LogP contribution in [0.15, 0.2) is 194 Å². The maximum Gasteiger partial charge on any atom is 0.116 e. The summed E-state index contributed by atoms with van der Waals surface area (Å²) < 4.78 is 0. The van der Waals surface area contributed by atoms with Gasteiger partial charge in [-0.3, -0.25) is 0 Å². The molecule has 1 heterocycles. The van der Waals surface area contributed by atoms with Gasteiger partial charge in [-0.1, -0.05) is 127 Å². The molecule has 0 aliphatic heterocycles. The number of hydrogen-bond acceptors (Lipinski definition) is 4. The second kappa shape index (κ2) is 12.4. The highest BCUT2D eigenvalue weighted by molar-refractivity contribution is 6.11. The topological polar surface area (TPSA) is 32.3 Å². The molecule has 0 atom stereocenters. The Bertz CT molecular complexity index is 2920. The summed E-state index contributed by atoms with van der Waals surface area (Å²) in [4.78, 5) is 15.7. The van der Waals surface area contributed by atoms with Gasteiger partial charge in [0.05, 0.1) is 22.4 Å². The lowest BCUT2D eigenvalue weighted by atomic mass is 10.0. The van der Waals surface area contributed by atoms with E-state index in [0.717, 1.165) is 67.0 Å². The zero-order chi connectivity index (χ0) is 34.4. The van der Waals surface area contributed by atoms with Crippen LogP contribution in [0.3, 0.4) is 0 Å². The number of hydrogen-bond donors (Lipinski definition) is 0. The van der Waals surface area contributed by atoms with E-state index in [1.165, 1.54) is 21.5 Å². The Kier molecular flexibility index (Phi) is 7.10. The standard InChI is InChI=1S/C48H32N4/c1-3-18-38(19-4-1)51(40-26-23-33-13-7-9-16-36(33)31-40)44-29-30-45(48-47(44)49-43-28-25-35-15-11-12-22-42(35)46(43)50-48)52(39-20-5-2-6-21-39)41-27-24-34-14-8-10-17-37(34)32-41/h1-32H. The molecular weight excluding hydrogens is 633 g/mol. The number of benzene rings is 9. The monoisotopic (exact) mass is 664 g/mol. The third-order valence-corrected chi connectivity index (χ3v) is 9.94. The number of nitrogens with zero attached hydrogens (tertiary/aromatic N) is 4. The summed E-state index contributed by atoms with van der Waals surface area (Å²) in [6, 6.07) is 68.5. The Morgan fingerprint density at radius 3 is 1.29 bits per heavy atom. The van der Waals surface area contributed by atoms with Crippen LogP contribution in [-0.2, 0) is 0 Å². The lowest BCUT2D eigenvalue weighted by molar-refractivity contribution is 1.25. The first kappa shape index (κ1) is 29.8. The first-order chi connectivity index (χ1) is 25.8. The second-order valence-electron chi connectivity index (χ2n) is 13.1. The maximum absolute atomic E-state index is 5.59. The fourth-order valence-corrected chi connectivity index (χ4v) is 7.46. The fraction of sp³-hybridized carbons (Fsp3) is 0. The average Bonchev–Trinajstić information content (AvgIpc) is 3.21. The molecule has 52 heavy (non-hydrogen) atoms. The zero-order valence-electron chi connectivity index (χ0n) is 28.3. The Hall–Kier alpha value is -7.04. The van der Waals surface area contributed by atoms with E-state index in [1.54, 1.807) is 0 Å². The van der Waals surface area contributed by atoms with Crippen LogP contribution in [0.4, 0.5) is 34.1 Å². The van der Waals surface area contributed by atoms with Crippen molar-refractivity contribution in [2.75, 3.05) is 9.80 Å². The zero-order valence-corrected chi connectivity index (χ0v) is 28.3. The Balaban J connectivity index is 1.30. The van der Waals surface area contributed by atoms with Crippen LogP contribution in [-0.4, -0.2) is 9.97 Å². The van der Waals surface area contributed by atoms with E-state index < -0.39 is 0 Å². The van der Waals surface area contributed by atoms with Crippen LogP contribution in [0.2, 0.25) is 0 Å². The van der Waals surface area contributed by atoms with Crippen LogP contribution >= 0.6 is 0 Å². The molecule has 0 radical (unpaired) electrons. The molecule has 0 amide bonds. The molecule has 0 fully saturated rings. The van der Waals surface area contributed by atoms with E-state index in [4.69, 9.17) is 9.97 Å². The van der Waals surface area contributed by atoms with Gasteiger partial charge < -0.3 is 9.80 Å². The summed E-state index contributed by atoms with van der Waals surface area (Å²) in [7, 11) is 0. The Morgan fingerprint density at radius 1 is 0.288 bits per heavy atom. The molecule has 1 aromatic heterocycles. The molecule has 9 aromatic carbocycles. The number of para-hydroxylation sites is 2. The van der Waals surface area contributed by atoms with E-state index in [9.17, 15) is 0 Å². The summed E-state index contributed by atoms with van der Waals surface area (Å²) in [5, 5.41) is 6.97. The molecule has 244 valence electrons. The molecule has 10 rings (SSSR count). The van der Waals surface area contributed by atoms with Gasteiger partial charge in [0.2, 0.25) is 0 Å². The van der Waals surface area contributed by atoms with Gasteiger partial charge in [-0.25, -0.2) is 9.97 Å². The van der Waals surface area contributed by atoms with Crippen molar-refractivity contribution in [1.82, 2.24) is 9.97 Å². The Labute approximate surface area is 301 Å². The first-order valence-electron chi connectivity index (χ1n) is 17.6. The minimum atomic E-state index is 0.819. The minimum absolute atomic E-state index is 0.819. The van der Waals surface area contributed by atoms with E-state index in [1.807, 2.05) is 0 Å². The molecule has 10 aromatic rings. The van der Waals surface area contributed by atoms with Crippen LogP contribution in [0, 0.1) is 0 Å². The van der Waals surface area contributed by atoms with Crippen molar-refractivity contribution in [3.05, 3.63) is 194 Å². The normalized spacial score (nSPS) is 11.5. The maximum atomic E-state index is 5.59. The summed E-state index contributed by atoms with van der Waals surface area (Å²) >= 11 is 0. The van der Waals surface area contributed by atoms with Crippen LogP contribution in [0.5, 0.6) is 0 Å². The van der Waals surface area contributed by atoms with Crippen molar-refractivity contribution in [2.45, 2.75) is 0 Å². The quantitative estimate of drug-likeness (QED) is 0.131. The van der Waals surface area contributed by atoms with E-state index in [-0.39, 0.29) is 0 Å². The van der Waals surface area contributed by atoms with Gasteiger partial charge in [-0.15, -0.1) is 0 Å². The highest BCUT2D eigenvalue weighted by Crippen LogP contribution is 2.45. The predicted molar refractivity (Wildman–Crippen MR) is 219 cm³/mol.